The van der Waals surface area contributed by atoms with E-state index in [0.717, 1.165) is 5.56 Å². The minimum absolute atomic E-state index is 0.0395. The van der Waals surface area contributed by atoms with E-state index >= 15 is 0 Å². The van der Waals surface area contributed by atoms with Crippen LogP contribution < -0.4 is 19.5 Å². The minimum Gasteiger partial charge on any atom is -0.493 e. The lowest BCUT2D eigenvalue weighted by Gasteiger charge is -2.15. The Morgan fingerprint density at radius 2 is 1.86 bits per heavy atom. The normalized spacial score (nSPS) is 11.8. The molecule has 2 rings (SSSR count). The number of aliphatic hydroxyl groups is 1. The van der Waals surface area contributed by atoms with Gasteiger partial charge in [-0.25, -0.2) is 4.39 Å². The zero-order valence-corrected chi connectivity index (χ0v) is 16.3. The molecule has 0 aliphatic rings. The number of nitrogens with one attached hydrogen (secondary N) is 1. The molecule has 0 radical (unpaired) electrons. The highest BCUT2D eigenvalue weighted by molar-refractivity contribution is 5.80. The third-order valence-corrected chi connectivity index (χ3v) is 3.83. The van der Waals surface area contributed by atoms with Crippen molar-refractivity contribution in [2.24, 2.45) is 0 Å². The maximum Gasteiger partial charge on any atom is 0.252 e. The topological polar surface area (TPSA) is 77.0 Å². The molecule has 2 aromatic carbocycles. The summed E-state index contributed by atoms with van der Waals surface area (Å²) in [5.74, 6) is 0.757. The molecule has 0 fully saturated rings. The summed E-state index contributed by atoms with van der Waals surface area (Å²) in [5.41, 5.74) is 0.963. The van der Waals surface area contributed by atoms with E-state index in [-0.39, 0.29) is 18.5 Å². The van der Waals surface area contributed by atoms with E-state index in [1.165, 1.54) is 24.3 Å². The van der Waals surface area contributed by atoms with E-state index in [2.05, 4.69) is 5.32 Å². The van der Waals surface area contributed by atoms with Crippen LogP contribution in [0.1, 0.15) is 19.4 Å². The maximum absolute atomic E-state index is 12.8. The lowest BCUT2D eigenvalue weighted by Crippen LogP contribution is -2.39. The van der Waals surface area contributed by atoms with Crippen molar-refractivity contribution in [3.63, 3.8) is 0 Å². The standard InChI is InChI=1S/C21H26FNO5/c1-14(2)28-19-9-4-15(12-20(19)26-3)10-11-23-21(25)18(24)13-27-17-7-5-16(22)6-8-17/h4-9,12,14,18,24H,10-11,13H2,1-3H3,(H,23,25)/t18-/m0/s1. The number of benzene rings is 2. The monoisotopic (exact) mass is 391 g/mol. The number of hydrogen-bond acceptors (Lipinski definition) is 5. The molecule has 0 aromatic heterocycles. The molecule has 2 aromatic rings. The zero-order chi connectivity index (χ0) is 20.5. The number of ether oxygens (including phenoxy) is 3. The van der Waals surface area contributed by atoms with Gasteiger partial charge < -0.3 is 24.6 Å². The number of rotatable bonds is 10. The van der Waals surface area contributed by atoms with Gasteiger partial charge in [-0.2, -0.15) is 0 Å². The molecule has 1 atom stereocenters. The van der Waals surface area contributed by atoms with Gasteiger partial charge >= 0.3 is 0 Å². The molecule has 0 unspecified atom stereocenters. The highest BCUT2D eigenvalue weighted by atomic mass is 19.1. The van der Waals surface area contributed by atoms with Crippen molar-refractivity contribution in [2.45, 2.75) is 32.5 Å². The van der Waals surface area contributed by atoms with Gasteiger partial charge in [0.15, 0.2) is 17.6 Å². The summed E-state index contributed by atoms with van der Waals surface area (Å²) in [5, 5.41) is 12.5. The Bertz CT molecular complexity index is 764. The first kappa shape index (κ1) is 21.5. The summed E-state index contributed by atoms with van der Waals surface area (Å²) in [6, 6.07) is 10.9. The summed E-state index contributed by atoms with van der Waals surface area (Å²) in [6.45, 7) is 4.01. The molecule has 0 bridgehead atoms. The zero-order valence-electron chi connectivity index (χ0n) is 16.3. The van der Waals surface area contributed by atoms with Gasteiger partial charge in [0.25, 0.3) is 5.91 Å². The van der Waals surface area contributed by atoms with Crippen LogP contribution in [0.4, 0.5) is 4.39 Å². The Labute approximate surface area is 164 Å². The summed E-state index contributed by atoms with van der Waals surface area (Å²) in [6.07, 6.45) is -0.714. The van der Waals surface area contributed by atoms with Gasteiger partial charge in [-0.1, -0.05) is 6.07 Å². The van der Waals surface area contributed by atoms with E-state index in [0.29, 0.717) is 30.2 Å². The average Bonchev–Trinajstić information content (AvgIpc) is 2.67. The number of amides is 1. The third-order valence-electron chi connectivity index (χ3n) is 3.83. The van der Waals surface area contributed by atoms with Crippen LogP contribution in [0.2, 0.25) is 0 Å². The molecule has 0 spiro atoms. The van der Waals surface area contributed by atoms with Crippen LogP contribution in [-0.4, -0.2) is 43.5 Å². The second kappa shape index (κ2) is 10.5. The van der Waals surface area contributed by atoms with Crippen LogP contribution in [0.25, 0.3) is 0 Å². The number of hydrogen-bond donors (Lipinski definition) is 2. The van der Waals surface area contributed by atoms with E-state index in [9.17, 15) is 14.3 Å². The number of methoxy groups -OCH3 is 1. The quantitative estimate of drug-likeness (QED) is 0.651. The molecule has 0 saturated carbocycles. The second-order valence-corrected chi connectivity index (χ2v) is 6.47. The summed E-state index contributed by atoms with van der Waals surface area (Å²) in [4.78, 5) is 12.0. The summed E-state index contributed by atoms with van der Waals surface area (Å²) >= 11 is 0. The van der Waals surface area contributed by atoms with E-state index in [1.54, 1.807) is 7.11 Å². The number of carbonyl (C=O) groups is 1. The summed E-state index contributed by atoms with van der Waals surface area (Å²) in [7, 11) is 1.57. The van der Waals surface area contributed by atoms with Crippen molar-refractivity contribution < 1.29 is 28.5 Å². The van der Waals surface area contributed by atoms with E-state index in [1.807, 2.05) is 32.0 Å². The Balaban J connectivity index is 1.78. The Morgan fingerprint density at radius 1 is 1.14 bits per heavy atom. The molecular formula is C21H26FNO5. The highest BCUT2D eigenvalue weighted by Crippen LogP contribution is 2.29. The smallest absolute Gasteiger partial charge is 0.252 e. The minimum atomic E-state index is -1.32. The van der Waals surface area contributed by atoms with Gasteiger partial charge in [0.2, 0.25) is 0 Å². The van der Waals surface area contributed by atoms with Crippen molar-refractivity contribution in [3.05, 3.63) is 53.8 Å². The molecule has 6 nitrogen and oxygen atoms in total. The highest BCUT2D eigenvalue weighted by Gasteiger charge is 2.15. The largest absolute Gasteiger partial charge is 0.493 e. The van der Waals surface area contributed by atoms with Crippen molar-refractivity contribution in [3.8, 4) is 17.2 Å². The third kappa shape index (κ3) is 6.74. The van der Waals surface area contributed by atoms with Crippen LogP contribution >= 0.6 is 0 Å². The number of halogens is 1. The number of carbonyl (C=O) groups excluding carboxylic acids is 1. The summed E-state index contributed by atoms with van der Waals surface area (Å²) < 4.78 is 29.1. The first-order valence-electron chi connectivity index (χ1n) is 9.06. The first-order valence-corrected chi connectivity index (χ1v) is 9.06. The van der Waals surface area contributed by atoms with Crippen LogP contribution in [-0.2, 0) is 11.2 Å². The molecule has 1 amide bonds. The van der Waals surface area contributed by atoms with Crippen LogP contribution in [0.5, 0.6) is 17.2 Å². The van der Waals surface area contributed by atoms with E-state index in [4.69, 9.17) is 14.2 Å². The molecule has 0 aliphatic carbocycles. The predicted octanol–water partition coefficient (Wildman–Crippen LogP) is 2.72. The molecule has 0 saturated heterocycles. The van der Waals surface area contributed by atoms with Gasteiger partial charge in [-0.3, -0.25) is 4.79 Å². The van der Waals surface area contributed by atoms with Gasteiger partial charge in [0.05, 0.1) is 13.2 Å². The lowest BCUT2D eigenvalue weighted by molar-refractivity contribution is -0.130. The lowest BCUT2D eigenvalue weighted by atomic mass is 10.1. The van der Waals surface area contributed by atoms with Gasteiger partial charge in [0.1, 0.15) is 18.2 Å². The van der Waals surface area contributed by atoms with Gasteiger partial charge in [-0.05, 0) is 62.2 Å². The number of aliphatic hydroxyl groups excluding tert-OH is 1. The van der Waals surface area contributed by atoms with Gasteiger partial charge in [0, 0.05) is 6.54 Å². The fourth-order valence-electron chi connectivity index (χ4n) is 2.45. The van der Waals surface area contributed by atoms with Crippen LogP contribution in [0, 0.1) is 5.82 Å². The molecule has 7 heteroatoms. The molecule has 28 heavy (non-hydrogen) atoms. The fourth-order valence-corrected chi connectivity index (χ4v) is 2.45. The Morgan fingerprint density at radius 3 is 2.50 bits per heavy atom. The van der Waals surface area contributed by atoms with Gasteiger partial charge in [-0.15, -0.1) is 0 Å². The maximum atomic E-state index is 12.8. The van der Waals surface area contributed by atoms with Crippen molar-refractivity contribution in [1.82, 2.24) is 5.32 Å². The SMILES string of the molecule is COc1cc(CCNC(=O)[C@@H](O)COc2ccc(F)cc2)ccc1OC(C)C. The first-order chi connectivity index (χ1) is 13.4. The van der Waals surface area contributed by atoms with Crippen molar-refractivity contribution >= 4 is 5.91 Å². The van der Waals surface area contributed by atoms with Crippen molar-refractivity contribution in [1.29, 1.82) is 0 Å². The average molecular weight is 391 g/mol. The second-order valence-electron chi connectivity index (χ2n) is 6.47. The predicted molar refractivity (Wildman–Crippen MR) is 103 cm³/mol. The molecule has 2 N–H and O–H groups in total. The van der Waals surface area contributed by atoms with Crippen molar-refractivity contribution in [2.75, 3.05) is 20.3 Å². The molecule has 152 valence electrons. The Kier molecular flexibility index (Phi) is 8.07. The fraction of sp³-hybridized carbons (Fsp3) is 0.381. The van der Waals surface area contributed by atoms with E-state index < -0.39 is 12.0 Å². The molecule has 0 aliphatic heterocycles. The van der Waals surface area contributed by atoms with Crippen LogP contribution in [0.3, 0.4) is 0 Å². The Hall–Kier alpha value is -2.80. The molecular weight excluding hydrogens is 365 g/mol. The van der Waals surface area contributed by atoms with Crippen LogP contribution in [0.15, 0.2) is 42.5 Å². The molecule has 0 heterocycles.